The van der Waals surface area contributed by atoms with Crippen LogP contribution in [0.3, 0.4) is 0 Å². The summed E-state index contributed by atoms with van der Waals surface area (Å²) in [7, 11) is 0. The Bertz CT molecular complexity index is 338. The molecule has 0 amide bonds. The Balaban J connectivity index is 2.23. The van der Waals surface area contributed by atoms with Gasteiger partial charge >= 0.3 is 0 Å². The molecule has 1 aromatic heterocycles. The van der Waals surface area contributed by atoms with Gasteiger partial charge in [0, 0.05) is 25.5 Å². The second-order valence-electron chi connectivity index (χ2n) is 2.78. The molecule has 1 aromatic rings. The number of rotatable bonds is 4. The number of hydrogen-bond donors (Lipinski definition) is 1. The molecule has 0 aliphatic carbocycles. The first-order valence-corrected chi connectivity index (χ1v) is 5.78. The van der Waals surface area contributed by atoms with Crippen molar-refractivity contribution in [3.05, 3.63) is 18.7 Å². The van der Waals surface area contributed by atoms with Crippen LogP contribution in [0, 0.1) is 11.5 Å². The summed E-state index contributed by atoms with van der Waals surface area (Å²) >= 11 is 1.44. The summed E-state index contributed by atoms with van der Waals surface area (Å²) in [4.78, 5) is 8.19. The lowest BCUT2D eigenvalue weighted by Gasteiger charge is -2.01. The molecule has 15 heavy (non-hydrogen) atoms. The number of nitrogens with zero attached hydrogens (tertiary/aromatic N) is 4. The normalized spacial score (nSPS) is 11.1. The maximum absolute atomic E-state index is 8.41. The van der Waals surface area contributed by atoms with Gasteiger partial charge < -0.3 is 4.57 Å². The van der Waals surface area contributed by atoms with E-state index in [1.54, 1.807) is 12.5 Å². The Labute approximate surface area is 93.2 Å². The molecule has 6 heteroatoms. The van der Waals surface area contributed by atoms with Crippen LogP contribution in [0.4, 0.5) is 0 Å². The van der Waals surface area contributed by atoms with Gasteiger partial charge in [-0.15, -0.1) is 0 Å². The van der Waals surface area contributed by atoms with Crippen LogP contribution in [-0.4, -0.2) is 27.5 Å². The van der Waals surface area contributed by atoms with E-state index in [4.69, 9.17) is 5.26 Å². The first-order valence-electron chi connectivity index (χ1n) is 4.56. The van der Waals surface area contributed by atoms with E-state index in [0.717, 1.165) is 13.0 Å². The zero-order valence-corrected chi connectivity index (χ0v) is 9.37. The standard InChI is InChI=1S/C9H13N5S/c1-15-9(13-7-10)12-3-2-5-14-6-4-11-8-14/h4,6,8H,2-3,5H2,1H3,(H,12,13). The van der Waals surface area contributed by atoms with Crippen molar-refractivity contribution in [1.29, 1.82) is 5.26 Å². The zero-order chi connectivity index (χ0) is 10.9. The molecule has 0 spiro atoms. The number of thioether (sulfide) groups is 1. The monoisotopic (exact) mass is 223 g/mol. The average Bonchev–Trinajstić information content (AvgIpc) is 2.75. The third-order valence-electron chi connectivity index (χ3n) is 1.75. The molecule has 1 rings (SSSR count). The molecule has 1 N–H and O–H groups in total. The number of aliphatic imine (C=N–C) groups is 1. The van der Waals surface area contributed by atoms with E-state index in [0.29, 0.717) is 11.7 Å². The SMILES string of the molecule is CSC(=NCCCn1ccnc1)NC#N. The Morgan fingerprint density at radius 3 is 3.20 bits per heavy atom. The van der Waals surface area contributed by atoms with Gasteiger partial charge in [-0.1, -0.05) is 11.8 Å². The van der Waals surface area contributed by atoms with E-state index in [9.17, 15) is 0 Å². The minimum Gasteiger partial charge on any atom is -0.337 e. The van der Waals surface area contributed by atoms with Gasteiger partial charge in [0.2, 0.25) is 0 Å². The van der Waals surface area contributed by atoms with Gasteiger partial charge in [-0.2, -0.15) is 5.26 Å². The Morgan fingerprint density at radius 2 is 2.60 bits per heavy atom. The van der Waals surface area contributed by atoms with Crippen molar-refractivity contribution in [2.75, 3.05) is 12.8 Å². The minimum atomic E-state index is 0.670. The van der Waals surface area contributed by atoms with Crippen molar-refractivity contribution in [2.45, 2.75) is 13.0 Å². The number of aryl methyl sites for hydroxylation is 1. The zero-order valence-electron chi connectivity index (χ0n) is 8.55. The summed E-state index contributed by atoms with van der Waals surface area (Å²) in [6.07, 6.45) is 10.1. The lowest BCUT2D eigenvalue weighted by Crippen LogP contribution is -2.13. The van der Waals surface area contributed by atoms with Gasteiger partial charge in [-0.3, -0.25) is 10.3 Å². The largest absolute Gasteiger partial charge is 0.337 e. The molecular weight excluding hydrogens is 210 g/mol. The number of hydrogen-bond acceptors (Lipinski definition) is 4. The number of amidine groups is 1. The Hall–Kier alpha value is -1.48. The fraction of sp³-hybridized carbons (Fsp3) is 0.444. The van der Waals surface area contributed by atoms with Crippen LogP contribution >= 0.6 is 11.8 Å². The van der Waals surface area contributed by atoms with Crippen LogP contribution in [0.5, 0.6) is 0 Å². The smallest absolute Gasteiger partial charge is 0.183 e. The van der Waals surface area contributed by atoms with E-state index >= 15 is 0 Å². The maximum Gasteiger partial charge on any atom is 0.183 e. The summed E-state index contributed by atoms with van der Waals surface area (Å²) in [5, 5.41) is 11.6. The van der Waals surface area contributed by atoms with Gasteiger partial charge in [-0.05, 0) is 12.7 Å². The molecule has 0 radical (unpaired) electrons. The van der Waals surface area contributed by atoms with E-state index in [2.05, 4.69) is 15.3 Å². The van der Waals surface area contributed by atoms with Gasteiger partial charge in [0.1, 0.15) is 0 Å². The molecular formula is C9H13N5S. The summed E-state index contributed by atoms with van der Waals surface area (Å²) in [5.41, 5.74) is 0. The van der Waals surface area contributed by atoms with Crippen LogP contribution in [0.25, 0.3) is 0 Å². The molecule has 0 aliphatic rings. The topological polar surface area (TPSA) is 66.0 Å². The third kappa shape index (κ3) is 4.51. The molecule has 0 aliphatic heterocycles. The van der Waals surface area contributed by atoms with Crippen LogP contribution in [0.2, 0.25) is 0 Å². The molecule has 0 saturated carbocycles. The fourth-order valence-corrected chi connectivity index (χ4v) is 1.42. The summed E-state index contributed by atoms with van der Waals surface area (Å²) < 4.78 is 2.01. The molecule has 5 nitrogen and oxygen atoms in total. The highest BCUT2D eigenvalue weighted by molar-refractivity contribution is 8.13. The summed E-state index contributed by atoms with van der Waals surface area (Å²) in [6.45, 7) is 1.61. The van der Waals surface area contributed by atoms with Crippen molar-refractivity contribution in [2.24, 2.45) is 4.99 Å². The molecule has 0 atom stereocenters. The minimum absolute atomic E-state index is 0.670. The maximum atomic E-state index is 8.41. The number of aromatic nitrogens is 2. The molecule has 0 unspecified atom stereocenters. The van der Waals surface area contributed by atoms with Gasteiger partial charge in [-0.25, -0.2) is 4.98 Å². The Kier molecular flexibility index (Phi) is 5.33. The van der Waals surface area contributed by atoms with Gasteiger partial charge in [0.15, 0.2) is 11.4 Å². The second kappa shape index (κ2) is 6.90. The lowest BCUT2D eigenvalue weighted by atomic mass is 10.4. The first kappa shape index (κ1) is 11.6. The number of imidazole rings is 1. The second-order valence-corrected chi connectivity index (χ2v) is 3.58. The highest BCUT2D eigenvalue weighted by Gasteiger charge is 1.94. The predicted molar refractivity (Wildman–Crippen MR) is 61.4 cm³/mol. The molecule has 1 heterocycles. The highest BCUT2D eigenvalue weighted by atomic mass is 32.2. The van der Waals surface area contributed by atoms with E-state index in [-0.39, 0.29) is 0 Å². The van der Waals surface area contributed by atoms with Crippen LogP contribution in [-0.2, 0) is 6.54 Å². The van der Waals surface area contributed by atoms with Crippen molar-refractivity contribution in [3.8, 4) is 6.19 Å². The fourth-order valence-electron chi connectivity index (χ4n) is 1.06. The summed E-state index contributed by atoms with van der Waals surface area (Å²) in [5.74, 6) is 0. The molecule has 0 bridgehead atoms. The summed E-state index contributed by atoms with van der Waals surface area (Å²) in [6, 6.07) is 0. The third-order valence-corrected chi connectivity index (χ3v) is 2.36. The Morgan fingerprint density at radius 1 is 1.73 bits per heavy atom. The average molecular weight is 223 g/mol. The molecule has 0 fully saturated rings. The lowest BCUT2D eigenvalue weighted by molar-refractivity contribution is 0.651. The van der Waals surface area contributed by atoms with Crippen molar-refractivity contribution in [3.63, 3.8) is 0 Å². The van der Waals surface area contributed by atoms with Crippen molar-refractivity contribution in [1.82, 2.24) is 14.9 Å². The van der Waals surface area contributed by atoms with Crippen LogP contribution < -0.4 is 5.32 Å². The first-order chi connectivity index (χ1) is 7.36. The van der Waals surface area contributed by atoms with E-state index in [1.165, 1.54) is 11.8 Å². The predicted octanol–water partition coefficient (Wildman–Crippen LogP) is 1.06. The van der Waals surface area contributed by atoms with Crippen LogP contribution in [0.15, 0.2) is 23.7 Å². The quantitative estimate of drug-likeness (QED) is 0.272. The van der Waals surface area contributed by atoms with Gasteiger partial charge in [0.05, 0.1) is 6.33 Å². The number of nitriles is 1. The highest BCUT2D eigenvalue weighted by Crippen LogP contribution is 1.96. The molecule has 0 saturated heterocycles. The van der Waals surface area contributed by atoms with Gasteiger partial charge in [0.25, 0.3) is 0 Å². The number of nitrogens with one attached hydrogen (secondary N) is 1. The van der Waals surface area contributed by atoms with Crippen LogP contribution in [0.1, 0.15) is 6.42 Å². The van der Waals surface area contributed by atoms with Crippen molar-refractivity contribution < 1.29 is 0 Å². The van der Waals surface area contributed by atoms with E-state index in [1.807, 2.05) is 23.2 Å². The molecule has 0 aromatic carbocycles. The van der Waals surface area contributed by atoms with E-state index < -0.39 is 0 Å². The molecule has 80 valence electrons. The van der Waals surface area contributed by atoms with Crippen molar-refractivity contribution >= 4 is 16.9 Å².